The summed E-state index contributed by atoms with van der Waals surface area (Å²) in [5, 5.41) is 14.9. The number of esters is 1. The molecule has 0 saturated heterocycles. The monoisotopic (exact) mass is 379 g/mol. The van der Waals surface area contributed by atoms with E-state index in [1.807, 2.05) is 13.8 Å². The highest BCUT2D eigenvalue weighted by molar-refractivity contribution is 6.20. The summed E-state index contributed by atoms with van der Waals surface area (Å²) in [6, 6.07) is 0. The van der Waals surface area contributed by atoms with Crippen LogP contribution in [0.15, 0.2) is 16.5 Å². The van der Waals surface area contributed by atoms with Gasteiger partial charge in [-0.15, -0.1) is 0 Å². The number of carbonyl (C=O) groups excluding carboxylic acids is 1. The molecule has 1 fully saturated rings. The predicted molar refractivity (Wildman–Crippen MR) is 108 cm³/mol. The van der Waals surface area contributed by atoms with Crippen LogP contribution < -0.4 is 0 Å². The van der Waals surface area contributed by atoms with E-state index in [-0.39, 0.29) is 11.3 Å². The highest BCUT2D eigenvalue weighted by Gasteiger charge is 2.42. The zero-order chi connectivity index (χ0) is 19.5. The number of aliphatic hydroxyl groups excluding tert-OH is 1. The molecule has 5 nitrogen and oxygen atoms in total. The van der Waals surface area contributed by atoms with E-state index in [0.29, 0.717) is 25.2 Å². The van der Waals surface area contributed by atoms with Gasteiger partial charge in [0.15, 0.2) is 0 Å². The molecule has 0 bridgehead atoms. The molecule has 1 spiro atoms. The van der Waals surface area contributed by atoms with Crippen LogP contribution in [0, 0.1) is 0 Å². The molecule has 0 aromatic carbocycles. The summed E-state index contributed by atoms with van der Waals surface area (Å²) in [5.74, 6) is -0.303. The summed E-state index contributed by atoms with van der Waals surface area (Å²) in [7, 11) is 0. The molecule has 154 valence electrons. The van der Waals surface area contributed by atoms with Crippen molar-refractivity contribution in [2.24, 2.45) is 5.16 Å². The van der Waals surface area contributed by atoms with Gasteiger partial charge in [-0.2, -0.15) is 0 Å². The molecule has 0 radical (unpaired) electrons. The highest BCUT2D eigenvalue weighted by Crippen LogP contribution is 2.38. The number of hydrogen-bond donors (Lipinski definition) is 1. The van der Waals surface area contributed by atoms with E-state index in [9.17, 15) is 9.90 Å². The zero-order valence-corrected chi connectivity index (χ0v) is 17.2. The first kappa shape index (κ1) is 21.8. The summed E-state index contributed by atoms with van der Waals surface area (Å²) < 4.78 is 6.02. The van der Waals surface area contributed by atoms with Crippen molar-refractivity contribution in [2.45, 2.75) is 109 Å². The number of carbonyl (C=O) groups is 1. The third-order valence-electron chi connectivity index (χ3n) is 5.64. The molecular weight excluding hydrogens is 342 g/mol. The molecule has 27 heavy (non-hydrogen) atoms. The topological polar surface area (TPSA) is 68.1 Å². The second-order valence-electron chi connectivity index (χ2n) is 7.96. The van der Waals surface area contributed by atoms with E-state index in [1.165, 1.54) is 44.9 Å². The van der Waals surface area contributed by atoms with E-state index in [0.717, 1.165) is 32.1 Å². The molecule has 0 amide bonds. The third-order valence-corrected chi connectivity index (χ3v) is 5.64. The van der Waals surface area contributed by atoms with Gasteiger partial charge in [0.05, 0.1) is 5.71 Å². The zero-order valence-electron chi connectivity index (χ0n) is 17.2. The SMILES string of the molecule is CCC/C(=N\OCC)C1=C(O)CC2(CCCCCCCCCCC2)OC1=O. The summed E-state index contributed by atoms with van der Waals surface area (Å²) in [6.45, 7) is 4.29. The highest BCUT2D eigenvalue weighted by atomic mass is 16.6. The lowest BCUT2D eigenvalue weighted by Crippen LogP contribution is -2.41. The van der Waals surface area contributed by atoms with Gasteiger partial charge < -0.3 is 14.7 Å². The number of nitrogens with zero attached hydrogens (tertiary/aromatic N) is 1. The van der Waals surface area contributed by atoms with Gasteiger partial charge in [-0.25, -0.2) is 4.79 Å². The van der Waals surface area contributed by atoms with Gasteiger partial charge in [0.1, 0.15) is 23.5 Å². The first-order valence-corrected chi connectivity index (χ1v) is 11.0. The summed E-state index contributed by atoms with van der Waals surface area (Å²) in [6.07, 6.45) is 14.4. The minimum Gasteiger partial charge on any atom is -0.511 e. The number of aliphatic hydroxyl groups is 1. The first-order chi connectivity index (χ1) is 13.1. The molecule has 5 heteroatoms. The smallest absolute Gasteiger partial charge is 0.344 e. The second-order valence-corrected chi connectivity index (χ2v) is 7.96. The molecule has 2 rings (SSSR count). The maximum Gasteiger partial charge on any atom is 0.344 e. The number of hydrogen-bond acceptors (Lipinski definition) is 5. The van der Waals surface area contributed by atoms with Crippen LogP contribution in [0.4, 0.5) is 0 Å². The molecule has 2 aliphatic rings. The van der Waals surface area contributed by atoms with Crippen LogP contribution in [0.1, 0.15) is 104 Å². The lowest BCUT2D eigenvalue weighted by atomic mass is 9.82. The fourth-order valence-electron chi connectivity index (χ4n) is 4.21. The Bertz CT molecular complexity index is 526. The Morgan fingerprint density at radius 2 is 1.59 bits per heavy atom. The summed E-state index contributed by atoms with van der Waals surface area (Å²) in [5.41, 5.74) is 0.180. The van der Waals surface area contributed by atoms with Crippen molar-refractivity contribution in [1.82, 2.24) is 0 Å². The maximum absolute atomic E-state index is 12.9. The van der Waals surface area contributed by atoms with Crippen molar-refractivity contribution in [1.29, 1.82) is 0 Å². The van der Waals surface area contributed by atoms with Crippen LogP contribution in [-0.2, 0) is 14.4 Å². The molecule has 1 heterocycles. The molecule has 1 aliphatic heterocycles. The fourth-order valence-corrected chi connectivity index (χ4v) is 4.21. The van der Waals surface area contributed by atoms with E-state index in [2.05, 4.69) is 5.16 Å². The van der Waals surface area contributed by atoms with Gasteiger partial charge in [-0.1, -0.05) is 63.4 Å². The van der Waals surface area contributed by atoms with Gasteiger partial charge in [-0.05, 0) is 39.0 Å². The van der Waals surface area contributed by atoms with Crippen LogP contribution in [0.3, 0.4) is 0 Å². The molecule has 0 aromatic rings. The van der Waals surface area contributed by atoms with Crippen molar-refractivity contribution in [3.63, 3.8) is 0 Å². The Labute approximate surface area is 164 Å². The average Bonchev–Trinajstić information content (AvgIpc) is 2.62. The third kappa shape index (κ3) is 6.54. The second kappa shape index (κ2) is 11.4. The van der Waals surface area contributed by atoms with Crippen LogP contribution in [0.5, 0.6) is 0 Å². The minimum absolute atomic E-state index is 0.130. The largest absolute Gasteiger partial charge is 0.511 e. The van der Waals surface area contributed by atoms with Gasteiger partial charge in [0.2, 0.25) is 0 Å². The Kier molecular flexibility index (Phi) is 9.16. The van der Waals surface area contributed by atoms with Gasteiger partial charge >= 0.3 is 5.97 Å². The van der Waals surface area contributed by atoms with Crippen LogP contribution >= 0.6 is 0 Å². The van der Waals surface area contributed by atoms with Crippen molar-refractivity contribution < 1.29 is 19.5 Å². The van der Waals surface area contributed by atoms with Crippen LogP contribution in [0.25, 0.3) is 0 Å². The quantitative estimate of drug-likeness (QED) is 0.362. The van der Waals surface area contributed by atoms with E-state index >= 15 is 0 Å². The van der Waals surface area contributed by atoms with E-state index < -0.39 is 11.6 Å². The number of ether oxygens (including phenoxy) is 1. The van der Waals surface area contributed by atoms with E-state index in [1.54, 1.807) is 0 Å². The predicted octanol–water partition coefficient (Wildman–Crippen LogP) is 5.98. The number of oxime groups is 1. The Balaban J connectivity index is 2.18. The van der Waals surface area contributed by atoms with Crippen molar-refractivity contribution in [2.75, 3.05) is 6.61 Å². The summed E-state index contributed by atoms with van der Waals surface area (Å²) in [4.78, 5) is 18.0. The van der Waals surface area contributed by atoms with Crippen molar-refractivity contribution in [3.05, 3.63) is 11.3 Å². The summed E-state index contributed by atoms with van der Waals surface area (Å²) >= 11 is 0. The lowest BCUT2D eigenvalue weighted by Gasteiger charge is -2.37. The van der Waals surface area contributed by atoms with Crippen LogP contribution in [-0.4, -0.2) is 29.0 Å². The first-order valence-electron chi connectivity index (χ1n) is 11.0. The molecular formula is C22H37NO4. The van der Waals surface area contributed by atoms with Gasteiger partial charge in [-0.3, -0.25) is 0 Å². The minimum atomic E-state index is -0.549. The molecule has 0 aromatic heterocycles. The Hall–Kier alpha value is -1.52. The molecule has 1 N–H and O–H groups in total. The van der Waals surface area contributed by atoms with Gasteiger partial charge in [0.25, 0.3) is 0 Å². The van der Waals surface area contributed by atoms with Crippen molar-refractivity contribution in [3.8, 4) is 0 Å². The average molecular weight is 380 g/mol. The molecule has 0 unspecified atom stereocenters. The normalized spacial score (nSPS) is 22.7. The Morgan fingerprint density at radius 3 is 2.07 bits per heavy atom. The van der Waals surface area contributed by atoms with Crippen molar-refractivity contribution >= 4 is 11.7 Å². The molecule has 1 aliphatic carbocycles. The van der Waals surface area contributed by atoms with Gasteiger partial charge in [0, 0.05) is 6.42 Å². The Morgan fingerprint density at radius 1 is 1.04 bits per heavy atom. The number of rotatable bonds is 5. The van der Waals surface area contributed by atoms with E-state index in [4.69, 9.17) is 9.57 Å². The molecule has 0 atom stereocenters. The van der Waals surface area contributed by atoms with Crippen LogP contribution in [0.2, 0.25) is 0 Å². The maximum atomic E-state index is 12.9. The molecule has 1 saturated carbocycles. The standard InChI is InChI=1S/C22H37NO4/c1-3-14-18(23-26-4-2)20-19(24)17-22(27-21(20)25)15-12-10-8-6-5-7-9-11-13-16-22/h24H,3-17H2,1-2H3/b23-18+. The fraction of sp³-hybridized carbons (Fsp3) is 0.818. The lowest BCUT2D eigenvalue weighted by molar-refractivity contribution is -0.160.